The van der Waals surface area contributed by atoms with Crippen molar-refractivity contribution in [2.45, 2.75) is 25.4 Å². The first-order valence-corrected chi connectivity index (χ1v) is 5.82. The number of ether oxygens (including phenoxy) is 1. The van der Waals surface area contributed by atoms with Crippen LogP contribution in [0.1, 0.15) is 30.9 Å². The van der Waals surface area contributed by atoms with Crippen molar-refractivity contribution in [2.24, 2.45) is 0 Å². The summed E-state index contributed by atoms with van der Waals surface area (Å²) in [5.74, 6) is 0. The molecule has 2 aromatic rings. The predicted octanol–water partition coefficient (Wildman–Crippen LogP) is 3.28. The third kappa shape index (κ3) is 1.81. The highest BCUT2D eigenvalue weighted by Crippen LogP contribution is 2.28. The number of pyridine rings is 1. The summed E-state index contributed by atoms with van der Waals surface area (Å²) in [6, 6.07) is 10.3. The number of rotatable bonds is 1. The van der Waals surface area contributed by atoms with Gasteiger partial charge in [-0.1, -0.05) is 18.2 Å². The van der Waals surface area contributed by atoms with Gasteiger partial charge < -0.3 is 4.74 Å². The number of benzene rings is 1. The number of para-hydroxylation sites is 1. The van der Waals surface area contributed by atoms with Crippen LogP contribution in [0.4, 0.5) is 0 Å². The van der Waals surface area contributed by atoms with E-state index in [1.54, 1.807) is 0 Å². The van der Waals surface area contributed by atoms with E-state index >= 15 is 0 Å². The first kappa shape index (κ1) is 9.79. The third-order valence-electron chi connectivity index (χ3n) is 3.08. The molecular formula is C14H14NO. The van der Waals surface area contributed by atoms with E-state index in [2.05, 4.69) is 23.3 Å². The van der Waals surface area contributed by atoms with Crippen molar-refractivity contribution in [2.75, 3.05) is 6.61 Å². The standard InChI is InChI=1S/C14H14NO/c1-2-6-13-11(5-1)9-12(10-15-13)14-7-3-4-8-16-14/h1-2,5-6,9,14H,3-4,7-8H2. The van der Waals surface area contributed by atoms with Crippen molar-refractivity contribution >= 4 is 10.9 Å². The second-order valence-corrected chi connectivity index (χ2v) is 4.24. The fourth-order valence-electron chi connectivity index (χ4n) is 2.19. The second-order valence-electron chi connectivity index (χ2n) is 4.24. The van der Waals surface area contributed by atoms with Crippen molar-refractivity contribution in [3.63, 3.8) is 0 Å². The highest BCUT2D eigenvalue weighted by atomic mass is 16.5. The molecule has 1 unspecified atom stereocenters. The Morgan fingerprint density at radius 2 is 2.19 bits per heavy atom. The van der Waals surface area contributed by atoms with E-state index < -0.39 is 0 Å². The molecular weight excluding hydrogens is 198 g/mol. The quantitative estimate of drug-likeness (QED) is 0.723. The average Bonchev–Trinajstić information content (AvgIpc) is 2.39. The van der Waals surface area contributed by atoms with Gasteiger partial charge in [-0.2, -0.15) is 0 Å². The lowest BCUT2D eigenvalue weighted by atomic mass is 10.0. The maximum absolute atomic E-state index is 5.74. The minimum Gasteiger partial charge on any atom is -0.373 e. The average molecular weight is 212 g/mol. The number of aromatic nitrogens is 1. The zero-order valence-corrected chi connectivity index (χ0v) is 9.15. The van der Waals surface area contributed by atoms with Crippen LogP contribution in [0.15, 0.2) is 30.3 Å². The Kier molecular flexibility index (Phi) is 2.58. The molecule has 2 heterocycles. The van der Waals surface area contributed by atoms with Crippen molar-refractivity contribution in [1.82, 2.24) is 4.98 Å². The molecule has 0 aliphatic carbocycles. The predicted molar refractivity (Wildman–Crippen MR) is 63.1 cm³/mol. The van der Waals surface area contributed by atoms with Gasteiger partial charge >= 0.3 is 0 Å². The molecule has 1 atom stereocenters. The lowest BCUT2D eigenvalue weighted by Crippen LogP contribution is -2.11. The molecule has 0 N–H and O–H groups in total. The molecule has 0 saturated carbocycles. The molecule has 0 bridgehead atoms. The molecule has 81 valence electrons. The number of nitrogens with zero attached hydrogens (tertiary/aromatic N) is 1. The zero-order valence-electron chi connectivity index (χ0n) is 9.15. The SMILES string of the molecule is [c]1nc2ccccc2cc1C1CCCCO1. The molecule has 1 aliphatic rings. The highest BCUT2D eigenvalue weighted by molar-refractivity contribution is 5.78. The Balaban J connectivity index is 1.97. The summed E-state index contributed by atoms with van der Waals surface area (Å²) in [4.78, 5) is 4.35. The smallest absolute Gasteiger partial charge is 0.0956 e. The van der Waals surface area contributed by atoms with E-state index in [-0.39, 0.29) is 6.10 Å². The summed E-state index contributed by atoms with van der Waals surface area (Å²) in [6.07, 6.45) is 6.82. The molecule has 1 fully saturated rings. The van der Waals surface area contributed by atoms with Crippen LogP contribution in [0.3, 0.4) is 0 Å². The summed E-state index contributed by atoms with van der Waals surface area (Å²) in [6.45, 7) is 0.866. The van der Waals surface area contributed by atoms with Crippen LogP contribution in [0.25, 0.3) is 10.9 Å². The maximum Gasteiger partial charge on any atom is 0.0956 e. The number of fused-ring (bicyclic) bond motifs is 1. The van der Waals surface area contributed by atoms with Crippen molar-refractivity contribution in [3.05, 3.63) is 42.1 Å². The summed E-state index contributed by atoms with van der Waals surface area (Å²) in [7, 11) is 0. The summed E-state index contributed by atoms with van der Waals surface area (Å²) in [5, 5.41) is 1.17. The number of hydrogen-bond donors (Lipinski definition) is 0. The Morgan fingerprint density at radius 1 is 1.25 bits per heavy atom. The topological polar surface area (TPSA) is 22.1 Å². The normalized spacial score (nSPS) is 21.1. The molecule has 1 aromatic carbocycles. The summed E-state index contributed by atoms with van der Waals surface area (Å²) >= 11 is 0. The van der Waals surface area contributed by atoms with Crippen LogP contribution in [-0.4, -0.2) is 11.6 Å². The summed E-state index contributed by atoms with van der Waals surface area (Å²) < 4.78 is 5.74. The highest BCUT2D eigenvalue weighted by Gasteiger charge is 2.16. The van der Waals surface area contributed by atoms with E-state index in [0.29, 0.717) is 0 Å². The number of hydrogen-bond acceptors (Lipinski definition) is 2. The lowest BCUT2D eigenvalue weighted by Gasteiger charge is -2.22. The Labute approximate surface area is 95.3 Å². The molecule has 1 saturated heterocycles. The van der Waals surface area contributed by atoms with Gasteiger partial charge in [-0.3, -0.25) is 0 Å². The van der Waals surface area contributed by atoms with Crippen LogP contribution >= 0.6 is 0 Å². The fraction of sp³-hybridized carbons (Fsp3) is 0.357. The van der Waals surface area contributed by atoms with Crippen molar-refractivity contribution in [3.8, 4) is 0 Å². The van der Waals surface area contributed by atoms with Crippen LogP contribution in [-0.2, 0) is 4.74 Å². The lowest BCUT2D eigenvalue weighted by molar-refractivity contribution is 0.0147. The van der Waals surface area contributed by atoms with E-state index in [0.717, 1.165) is 24.1 Å². The molecule has 2 heteroatoms. The van der Waals surface area contributed by atoms with Crippen molar-refractivity contribution < 1.29 is 4.74 Å². The van der Waals surface area contributed by atoms with Gasteiger partial charge in [0.25, 0.3) is 0 Å². The minimum absolute atomic E-state index is 0.200. The molecule has 0 spiro atoms. The molecule has 1 radical (unpaired) electrons. The largest absolute Gasteiger partial charge is 0.373 e. The minimum atomic E-state index is 0.200. The molecule has 3 rings (SSSR count). The van der Waals surface area contributed by atoms with Gasteiger partial charge in [0.2, 0.25) is 0 Å². The van der Waals surface area contributed by atoms with Crippen LogP contribution in [0.5, 0.6) is 0 Å². The van der Waals surface area contributed by atoms with Gasteiger partial charge in [0.1, 0.15) is 0 Å². The molecule has 16 heavy (non-hydrogen) atoms. The van der Waals surface area contributed by atoms with Gasteiger partial charge in [-0.25, -0.2) is 4.98 Å². The molecule has 2 nitrogen and oxygen atoms in total. The zero-order chi connectivity index (χ0) is 10.8. The Bertz CT molecular complexity index is 489. The van der Waals surface area contributed by atoms with Gasteiger partial charge in [-0.05, 0) is 31.4 Å². The Hall–Kier alpha value is -1.41. The van der Waals surface area contributed by atoms with E-state index in [4.69, 9.17) is 4.74 Å². The van der Waals surface area contributed by atoms with E-state index in [1.165, 1.54) is 18.2 Å². The second kappa shape index (κ2) is 4.22. The fourth-order valence-corrected chi connectivity index (χ4v) is 2.19. The first-order valence-electron chi connectivity index (χ1n) is 5.82. The van der Waals surface area contributed by atoms with Gasteiger partial charge in [0, 0.05) is 17.6 Å². The molecule has 0 amide bonds. The maximum atomic E-state index is 5.74. The molecule has 1 aromatic heterocycles. The van der Waals surface area contributed by atoms with E-state index in [1.807, 2.05) is 18.2 Å². The molecule has 1 aliphatic heterocycles. The Morgan fingerprint density at radius 3 is 3.06 bits per heavy atom. The van der Waals surface area contributed by atoms with Crippen LogP contribution in [0, 0.1) is 6.20 Å². The van der Waals surface area contributed by atoms with Crippen LogP contribution in [0.2, 0.25) is 0 Å². The van der Waals surface area contributed by atoms with Gasteiger partial charge in [-0.15, -0.1) is 0 Å². The van der Waals surface area contributed by atoms with Crippen molar-refractivity contribution in [1.29, 1.82) is 0 Å². The monoisotopic (exact) mass is 212 g/mol. The van der Waals surface area contributed by atoms with Gasteiger partial charge in [0.05, 0.1) is 17.8 Å². The third-order valence-corrected chi connectivity index (χ3v) is 3.08. The van der Waals surface area contributed by atoms with E-state index in [9.17, 15) is 0 Å². The van der Waals surface area contributed by atoms with Gasteiger partial charge in [0.15, 0.2) is 0 Å². The first-order chi connectivity index (χ1) is 7.93. The summed E-state index contributed by atoms with van der Waals surface area (Å²) in [5.41, 5.74) is 2.10. The van der Waals surface area contributed by atoms with Crippen LogP contribution < -0.4 is 0 Å².